The third-order valence-electron chi connectivity index (χ3n) is 4.49. The molecule has 8 heteroatoms. The van der Waals surface area contributed by atoms with E-state index in [1.165, 1.54) is 23.5 Å². The van der Waals surface area contributed by atoms with E-state index >= 15 is 0 Å². The zero-order chi connectivity index (χ0) is 19.4. The average molecular weight is 500 g/mol. The number of piperidine rings is 1. The molecule has 1 aliphatic heterocycles. The number of rotatable bonds is 5. The molecule has 1 N–H and O–H groups in total. The Morgan fingerprint density at radius 2 is 1.81 bits per heavy atom. The van der Waals surface area contributed by atoms with Crippen LogP contribution in [0.3, 0.4) is 0 Å². The maximum absolute atomic E-state index is 12.8. The fraction of sp³-hybridized carbons (Fsp3) is 0.316. The summed E-state index contributed by atoms with van der Waals surface area (Å²) in [4.78, 5) is 12.7. The summed E-state index contributed by atoms with van der Waals surface area (Å²) in [6, 6.07) is 11.8. The summed E-state index contributed by atoms with van der Waals surface area (Å²) in [5.74, 6) is 0.0392. The summed E-state index contributed by atoms with van der Waals surface area (Å²) >= 11 is 2.10. The van der Waals surface area contributed by atoms with Crippen LogP contribution in [0, 0.1) is 3.57 Å². The molecule has 0 aliphatic carbocycles. The summed E-state index contributed by atoms with van der Waals surface area (Å²) in [6.45, 7) is 1.07. The van der Waals surface area contributed by atoms with Crippen LogP contribution in [-0.2, 0) is 10.0 Å². The fourth-order valence-electron chi connectivity index (χ4n) is 3.02. The second-order valence-electron chi connectivity index (χ2n) is 6.26. The van der Waals surface area contributed by atoms with Crippen molar-refractivity contribution in [2.24, 2.45) is 0 Å². The minimum Gasteiger partial charge on any atom is -0.495 e. The number of nitrogens with zero attached hydrogens (tertiary/aromatic N) is 1. The third kappa shape index (κ3) is 4.44. The van der Waals surface area contributed by atoms with E-state index in [-0.39, 0.29) is 10.8 Å². The number of halogens is 1. The monoisotopic (exact) mass is 500 g/mol. The molecule has 3 rings (SSSR count). The minimum atomic E-state index is -3.56. The number of carbonyl (C=O) groups is 1. The van der Waals surface area contributed by atoms with Crippen molar-refractivity contribution in [3.63, 3.8) is 0 Å². The number of anilines is 1. The van der Waals surface area contributed by atoms with Crippen LogP contribution in [-0.4, -0.2) is 38.8 Å². The summed E-state index contributed by atoms with van der Waals surface area (Å²) in [7, 11) is -2.11. The summed E-state index contributed by atoms with van der Waals surface area (Å²) in [5.41, 5.74) is 0.977. The normalized spacial score (nSPS) is 15.3. The molecule has 0 spiro atoms. The van der Waals surface area contributed by atoms with Gasteiger partial charge in [0.15, 0.2) is 0 Å². The molecule has 144 valence electrons. The first-order chi connectivity index (χ1) is 12.9. The highest BCUT2D eigenvalue weighted by molar-refractivity contribution is 14.1. The highest BCUT2D eigenvalue weighted by atomic mass is 127. The standard InChI is InChI=1S/C19H21IN2O4S/c1-26-18-13-14(27(24,25)22-11-5-2-6-12-22)9-10-17(18)21-19(23)15-7-3-4-8-16(15)20/h3-4,7-10,13H,2,5-6,11-12H2,1H3,(H,21,23). The smallest absolute Gasteiger partial charge is 0.256 e. The minimum absolute atomic E-state index is 0.175. The number of nitrogens with one attached hydrogen (secondary N) is 1. The second kappa shape index (κ2) is 8.57. The van der Waals surface area contributed by atoms with Crippen molar-refractivity contribution in [2.45, 2.75) is 24.2 Å². The van der Waals surface area contributed by atoms with Gasteiger partial charge in [0.25, 0.3) is 5.91 Å². The number of benzene rings is 2. The summed E-state index contributed by atoms with van der Waals surface area (Å²) in [5, 5.41) is 2.80. The summed E-state index contributed by atoms with van der Waals surface area (Å²) < 4.78 is 33.3. The number of hydrogen-bond donors (Lipinski definition) is 1. The molecule has 1 fully saturated rings. The Labute approximate surface area is 173 Å². The highest BCUT2D eigenvalue weighted by Gasteiger charge is 2.27. The van der Waals surface area contributed by atoms with Crippen molar-refractivity contribution in [2.75, 3.05) is 25.5 Å². The van der Waals surface area contributed by atoms with Gasteiger partial charge in [0.1, 0.15) is 5.75 Å². The zero-order valence-corrected chi connectivity index (χ0v) is 17.9. The Morgan fingerprint density at radius 3 is 2.48 bits per heavy atom. The lowest BCUT2D eigenvalue weighted by Crippen LogP contribution is -2.35. The molecule has 27 heavy (non-hydrogen) atoms. The van der Waals surface area contributed by atoms with Gasteiger partial charge in [-0.15, -0.1) is 0 Å². The van der Waals surface area contributed by atoms with E-state index in [0.717, 1.165) is 22.8 Å². The van der Waals surface area contributed by atoms with Crippen molar-refractivity contribution in [3.8, 4) is 5.75 Å². The van der Waals surface area contributed by atoms with Gasteiger partial charge in [-0.2, -0.15) is 4.31 Å². The lowest BCUT2D eigenvalue weighted by atomic mass is 10.2. The van der Waals surface area contributed by atoms with Gasteiger partial charge < -0.3 is 10.1 Å². The van der Waals surface area contributed by atoms with E-state index in [1.54, 1.807) is 18.2 Å². The molecular formula is C19H21IN2O4S. The van der Waals surface area contributed by atoms with Crippen LogP contribution in [0.2, 0.25) is 0 Å². The fourth-order valence-corrected chi connectivity index (χ4v) is 5.19. The van der Waals surface area contributed by atoms with E-state index < -0.39 is 10.0 Å². The number of ether oxygens (including phenoxy) is 1. The molecule has 6 nitrogen and oxygen atoms in total. The van der Waals surface area contributed by atoms with Gasteiger partial charge in [0.05, 0.1) is 23.3 Å². The zero-order valence-electron chi connectivity index (χ0n) is 14.9. The van der Waals surface area contributed by atoms with E-state index in [0.29, 0.717) is 30.1 Å². The molecule has 0 aromatic heterocycles. The number of carbonyl (C=O) groups excluding carboxylic acids is 1. The maximum atomic E-state index is 12.8. The number of sulfonamides is 1. The van der Waals surface area contributed by atoms with E-state index in [4.69, 9.17) is 4.74 Å². The lowest BCUT2D eigenvalue weighted by molar-refractivity contribution is 0.102. The van der Waals surface area contributed by atoms with E-state index in [1.807, 2.05) is 12.1 Å². The van der Waals surface area contributed by atoms with Gasteiger partial charge in [-0.05, 0) is 59.7 Å². The van der Waals surface area contributed by atoms with Crippen LogP contribution in [0.5, 0.6) is 5.75 Å². The molecule has 0 unspecified atom stereocenters. The third-order valence-corrected chi connectivity index (χ3v) is 7.33. The molecule has 1 saturated heterocycles. The summed E-state index contributed by atoms with van der Waals surface area (Å²) in [6.07, 6.45) is 2.80. The predicted octanol–water partition coefficient (Wildman–Crippen LogP) is 3.73. The van der Waals surface area contributed by atoms with Crippen molar-refractivity contribution in [1.82, 2.24) is 4.31 Å². The first kappa shape index (κ1) is 20.1. The Kier molecular flexibility index (Phi) is 6.38. The number of methoxy groups -OCH3 is 1. The Bertz CT molecular complexity index is 940. The van der Waals surface area contributed by atoms with Crippen molar-refractivity contribution >= 4 is 44.2 Å². The van der Waals surface area contributed by atoms with Crippen LogP contribution >= 0.6 is 22.6 Å². The maximum Gasteiger partial charge on any atom is 0.256 e. The first-order valence-corrected chi connectivity index (χ1v) is 11.2. The van der Waals surface area contributed by atoms with Crippen LogP contribution in [0.4, 0.5) is 5.69 Å². The Morgan fingerprint density at radius 1 is 1.11 bits per heavy atom. The van der Waals surface area contributed by atoms with Gasteiger partial charge in [0, 0.05) is 22.7 Å². The predicted molar refractivity (Wildman–Crippen MR) is 113 cm³/mol. The molecule has 0 bridgehead atoms. The first-order valence-electron chi connectivity index (χ1n) is 8.67. The topological polar surface area (TPSA) is 75.7 Å². The van der Waals surface area contributed by atoms with Crippen LogP contribution in [0.25, 0.3) is 0 Å². The number of amides is 1. The van der Waals surface area contributed by atoms with Gasteiger partial charge in [0.2, 0.25) is 10.0 Å². The van der Waals surface area contributed by atoms with Crippen LogP contribution < -0.4 is 10.1 Å². The molecule has 2 aromatic carbocycles. The molecular weight excluding hydrogens is 479 g/mol. The molecule has 0 atom stereocenters. The van der Waals surface area contributed by atoms with Crippen molar-refractivity contribution in [3.05, 3.63) is 51.6 Å². The Balaban J connectivity index is 1.86. The number of hydrogen-bond acceptors (Lipinski definition) is 4. The van der Waals surface area contributed by atoms with Crippen molar-refractivity contribution in [1.29, 1.82) is 0 Å². The highest BCUT2D eigenvalue weighted by Crippen LogP contribution is 2.30. The van der Waals surface area contributed by atoms with Gasteiger partial charge >= 0.3 is 0 Å². The van der Waals surface area contributed by atoms with E-state index in [9.17, 15) is 13.2 Å². The van der Waals surface area contributed by atoms with E-state index in [2.05, 4.69) is 27.9 Å². The average Bonchev–Trinajstić information content (AvgIpc) is 2.69. The van der Waals surface area contributed by atoms with Crippen molar-refractivity contribution < 1.29 is 17.9 Å². The van der Waals surface area contributed by atoms with Crippen LogP contribution in [0.1, 0.15) is 29.6 Å². The van der Waals surface area contributed by atoms with Crippen LogP contribution in [0.15, 0.2) is 47.4 Å². The molecule has 2 aromatic rings. The quantitative estimate of drug-likeness (QED) is 0.636. The Hall–Kier alpha value is -1.65. The SMILES string of the molecule is COc1cc(S(=O)(=O)N2CCCCC2)ccc1NC(=O)c1ccccc1I. The lowest BCUT2D eigenvalue weighted by Gasteiger charge is -2.26. The molecule has 0 radical (unpaired) electrons. The molecule has 1 aliphatic rings. The molecule has 0 saturated carbocycles. The second-order valence-corrected chi connectivity index (χ2v) is 9.36. The van der Waals surface area contributed by atoms with Gasteiger partial charge in [-0.25, -0.2) is 8.42 Å². The largest absolute Gasteiger partial charge is 0.495 e. The molecule has 1 amide bonds. The molecule has 1 heterocycles. The van der Waals surface area contributed by atoms with Gasteiger partial charge in [-0.3, -0.25) is 4.79 Å². The van der Waals surface area contributed by atoms with Gasteiger partial charge in [-0.1, -0.05) is 18.6 Å².